The third kappa shape index (κ3) is 2.48. The largest absolute Gasteiger partial charge is 0.378 e. The molecule has 1 amide bonds. The van der Waals surface area contributed by atoms with Crippen LogP contribution in [0, 0.1) is 0 Å². The summed E-state index contributed by atoms with van der Waals surface area (Å²) in [6.45, 7) is 0.793. The Balaban J connectivity index is 2.17. The molecule has 6 nitrogen and oxygen atoms in total. The molecule has 3 N–H and O–H groups in total. The van der Waals surface area contributed by atoms with Crippen molar-refractivity contribution >= 4 is 23.5 Å². The second-order valence-corrected chi connectivity index (χ2v) is 4.56. The molecule has 0 radical (unpaired) electrons. The smallest absolute Gasteiger partial charge is 0.251 e. The van der Waals surface area contributed by atoms with Gasteiger partial charge >= 0.3 is 0 Å². The average molecular weight is 257 g/mol. The summed E-state index contributed by atoms with van der Waals surface area (Å²) in [7, 11) is 0. The number of hydrogen-bond acceptors (Lipinski definition) is 5. The first-order valence-corrected chi connectivity index (χ1v) is 5.64. The number of hydrogen-bond donors (Lipinski definition) is 2. The van der Waals surface area contributed by atoms with Gasteiger partial charge in [0.25, 0.3) is 5.91 Å². The molecule has 2 heterocycles. The topological polar surface area (TPSA) is 92.3 Å². The molecule has 0 saturated carbocycles. The van der Waals surface area contributed by atoms with E-state index >= 15 is 0 Å². The van der Waals surface area contributed by atoms with Gasteiger partial charge in [-0.2, -0.15) is 0 Å². The second kappa shape index (κ2) is 4.46. The molecule has 1 fully saturated rings. The molecule has 1 aromatic rings. The minimum Gasteiger partial charge on any atom is -0.378 e. The molecule has 92 valence electrons. The van der Waals surface area contributed by atoms with Gasteiger partial charge < -0.3 is 15.7 Å². The Hall–Kier alpha value is -1.40. The molecule has 17 heavy (non-hydrogen) atoms. The summed E-state index contributed by atoms with van der Waals surface area (Å²) in [4.78, 5) is 21.0. The molecule has 1 aliphatic heterocycles. The van der Waals surface area contributed by atoms with Crippen molar-refractivity contribution in [2.75, 3.05) is 18.0 Å². The molecule has 0 aliphatic carbocycles. The van der Waals surface area contributed by atoms with Gasteiger partial charge in [0.1, 0.15) is 0 Å². The van der Waals surface area contributed by atoms with Gasteiger partial charge in [-0.05, 0) is 12.8 Å². The molecule has 0 bridgehead atoms. The minimum absolute atomic E-state index is 0.115. The molecule has 0 unspecified atom stereocenters. The fraction of sp³-hybridized carbons (Fsp3) is 0.500. The number of primary amides is 1. The highest BCUT2D eigenvalue weighted by atomic mass is 35.5. The summed E-state index contributed by atoms with van der Waals surface area (Å²) in [5, 5.41) is 10.5. The van der Waals surface area contributed by atoms with Crippen LogP contribution in [-0.2, 0) is 4.79 Å². The zero-order valence-corrected chi connectivity index (χ0v) is 9.89. The van der Waals surface area contributed by atoms with Crippen LogP contribution in [0.4, 0.5) is 5.95 Å². The number of β-amino-alcohol motifs (C(OH)–C–C–N with tert-alkyl or cyclic N) is 1. The standard InChI is InChI=1S/C10H13ClN4O2/c11-7-4-13-9(14-5-7)15-3-1-2-10(17,6-15)8(12)16/h4-5,17H,1-3,6H2,(H2,12,16)/t10-/m1/s1. The molecule has 1 aliphatic rings. The van der Waals surface area contributed by atoms with Gasteiger partial charge in [-0.15, -0.1) is 0 Å². The molecule has 1 atom stereocenters. The molecule has 2 rings (SSSR count). The normalized spacial score (nSPS) is 24.7. The van der Waals surface area contributed by atoms with Crippen LogP contribution < -0.4 is 10.6 Å². The zero-order chi connectivity index (χ0) is 12.5. The van der Waals surface area contributed by atoms with Crippen molar-refractivity contribution in [3.8, 4) is 0 Å². The molecule has 7 heteroatoms. The lowest BCUT2D eigenvalue weighted by Crippen LogP contribution is -2.56. The Kier molecular flexibility index (Phi) is 3.17. The number of anilines is 1. The highest BCUT2D eigenvalue weighted by Crippen LogP contribution is 2.23. The fourth-order valence-electron chi connectivity index (χ4n) is 1.88. The van der Waals surface area contributed by atoms with Gasteiger partial charge in [-0.1, -0.05) is 11.6 Å². The van der Waals surface area contributed by atoms with E-state index in [2.05, 4.69) is 9.97 Å². The van der Waals surface area contributed by atoms with Crippen LogP contribution in [0.1, 0.15) is 12.8 Å². The van der Waals surface area contributed by atoms with Crippen LogP contribution in [0.3, 0.4) is 0 Å². The van der Waals surface area contributed by atoms with E-state index in [0.29, 0.717) is 30.4 Å². The van der Waals surface area contributed by atoms with Gasteiger partial charge in [0.15, 0.2) is 5.60 Å². The number of aliphatic hydroxyl groups is 1. The van der Waals surface area contributed by atoms with E-state index in [-0.39, 0.29) is 6.54 Å². The van der Waals surface area contributed by atoms with Gasteiger partial charge in [0.05, 0.1) is 24.0 Å². The molecular formula is C10H13ClN4O2. The second-order valence-electron chi connectivity index (χ2n) is 4.12. The molecular weight excluding hydrogens is 244 g/mol. The van der Waals surface area contributed by atoms with Crippen molar-refractivity contribution in [1.82, 2.24) is 9.97 Å². The van der Waals surface area contributed by atoms with E-state index in [9.17, 15) is 9.90 Å². The Morgan fingerprint density at radius 1 is 1.53 bits per heavy atom. The lowest BCUT2D eigenvalue weighted by Gasteiger charge is -2.36. The number of aromatic nitrogens is 2. The van der Waals surface area contributed by atoms with Crippen LogP contribution in [0.15, 0.2) is 12.4 Å². The Morgan fingerprint density at radius 2 is 2.18 bits per heavy atom. The lowest BCUT2D eigenvalue weighted by atomic mass is 9.92. The number of nitrogens with zero attached hydrogens (tertiary/aromatic N) is 3. The fourth-order valence-corrected chi connectivity index (χ4v) is 1.97. The van der Waals surface area contributed by atoms with Gasteiger partial charge in [-0.25, -0.2) is 9.97 Å². The first-order chi connectivity index (χ1) is 8.01. The summed E-state index contributed by atoms with van der Waals surface area (Å²) < 4.78 is 0. The molecule has 1 saturated heterocycles. The number of halogens is 1. The summed E-state index contributed by atoms with van der Waals surface area (Å²) in [6, 6.07) is 0. The number of rotatable bonds is 2. The molecule has 1 aromatic heterocycles. The van der Waals surface area contributed by atoms with E-state index in [1.165, 1.54) is 12.4 Å². The van der Waals surface area contributed by atoms with Crippen molar-refractivity contribution in [1.29, 1.82) is 0 Å². The summed E-state index contributed by atoms with van der Waals surface area (Å²) >= 11 is 5.69. The summed E-state index contributed by atoms with van der Waals surface area (Å²) in [5.74, 6) is -0.273. The number of carbonyl (C=O) groups excluding carboxylic acids is 1. The van der Waals surface area contributed by atoms with Gasteiger partial charge in [0, 0.05) is 6.54 Å². The quantitative estimate of drug-likeness (QED) is 0.774. The maximum Gasteiger partial charge on any atom is 0.251 e. The minimum atomic E-state index is -1.50. The van der Waals surface area contributed by atoms with E-state index in [1.807, 2.05) is 0 Å². The number of amides is 1. The first-order valence-electron chi connectivity index (χ1n) is 5.26. The Bertz CT molecular complexity index is 425. The zero-order valence-electron chi connectivity index (χ0n) is 9.14. The first kappa shape index (κ1) is 12.1. The van der Waals surface area contributed by atoms with E-state index in [1.54, 1.807) is 4.90 Å². The maximum absolute atomic E-state index is 11.2. The third-order valence-corrected chi connectivity index (χ3v) is 3.01. The SMILES string of the molecule is NC(=O)[C@@]1(O)CCCN(c2ncc(Cl)cn2)C1. The Labute approximate surface area is 103 Å². The highest BCUT2D eigenvalue weighted by molar-refractivity contribution is 6.30. The predicted octanol–water partition coefficient (Wildman–Crippen LogP) is -0.0534. The van der Waals surface area contributed by atoms with Crippen molar-refractivity contribution in [3.05, 3.63) is 17.4 Å². The van der Waals surface area contributed by atoms with E-state index in [4.69, 9.17) is 17.3 Å². The lowest BCUT2D eigenvalue weighted by molar-refractivity contribution is -0.137. The Morgan fingerprint density at radius 3 is 2.76 bits per heavy atom. The van der Waals surface area contributed by atoms with Crippen LogP contribution in [0.2, 0.25) is 5.02 Å². The maximum atomic E-state index is 11.2. The summed E-state index contributed by atoms with van der Waals surface area (Å²) in [5.41, 5.74) is 3.69. The van der Waals surface area contributed by atoms with Gasteiger partial charge in [0.2, 0.25) is 5.95 Å². The van der Waals surface area contributed by atoms with Crippen molar-refractivity contribution in [3.63, 3.8) is 0 Å². The third-order valence-electron chi connectivity index (χ3n) is 2.82. The number of piperidine rings is 1. The number of carbonyl (C=O) groups is 1. The van der Waals surface area contributed by atoms with Crippen molar-refractivity contribution in [2.24, 2.45) is 5.73 Å². The molecule has 0 aromatic carbocycles. The van der Waals surface area contributed by atoms with Crippen molar-refractivity contribution < 1.29 is 9.90 Å². The van der Waals surface area contributed by atoms with Crippen molar-refractivity contribution in [2.45, 2.75) is 18.4 Å². The van der Waals surface area contributed by atoms with Crippen LogP contribution in [0.5, 0.6) is 0 Å². The average Bonchev–Trinajstić information content (AvgIpc) is 2.30. The van der Waals surface area contributed by atoms with E-state index < -0.39 is 11.5 Å². The van der Waals surface area contributed by atoms with Gasteiger partial charge in [-0.3, -0.25) is 4.79 Å². The van der Waals surface area contributed by atoms with Crippen LogP contribution in [0.25, 0.3) is 0 Å². The number of nitrogens with two attached hydrogens (primary N) is 1. The monoisotopic (exact) mass is 256 g/mol. The summed E-state index contributed by atoms with van der Waals surface area (Å²) in [6.07, 6.45) is 3.97. The van der Waals surface area contributed by atoms with Crippen LogP contribution >= 0.6 is 11.6 Å². The highest BCUT2D eigenvalue weighted by Gasteiger charge is 2.39. The predicted molar refractivity (Wildman–Crippen MR) is 62.6 cm³/mol. The van der Waals surface area contributed by atoms with Crippen LogP contribution in [-0.4, -0.2) is 39.7 Å². The van der Waals surface area contributed by atoms with E-state index in [0.717, 1.165) is 0 Å². The molecule has 0 spiro atoms.